The van der Waals surface area contributed by atoms with Crippen molar-refractivity contribution in [1.82, 2.24) is 9.58 Å². The van der Waals surface area contributed by atoms with Crippen molar-refractivity contribution < 1.29 is 19.0 Å². The zero-order valence-electron chi connectivity index (χ0n) is 17.4. The topological polar surface area (TPSA) is 75.0 Å². The molecule has 3 aromatic rings. The van der Waals surface area contributed by atoms with E-state index in [9.17, 15) is 19.1 Å². The molecule has 0 spiro atoms. The van der Waals surface area contributed by atoms with Gasteiger partial charge in [0.15, 0.2) is 16.3 Å². The van der Waals surface area contributed by atoms with Gasteiger partial charge < -0.3 is 14.7 Å². The molecule has 7 nitrogen and oxygen atoms in total. The Labute approximate surface area is 194 Å². The standard InChI is InChI=1S/C24H20FN3O4S/c25-17-8-9-18-20(14-17)32-13-5-4-11-26-15-28(24(18,33)16-6-2-1-3-7-16)27-12-10-19(29)22(30)21(27)23(26)31/h1-10,12,14,30,33H,11,13,15H2/b5-4-/t24-/m0/s1. The van der Waals surface area contributed by atoms with Gasteiger partial charge in [0, 0.05) is 30.4 Å². The van der Waals surface area contributed by atoms with Crippen molar-refractivity contribution in [3.8, 4) is 11.5 Å². The van der Waals surface area contributed by atoms with Gasteiger partial charge in [-0.25, -0.2) is 4.39 Å². The van der Waals surface area contributed by atoms with Crippen molar-refractivity contribution in [2.75, 3.05) is 24.8 Å². The Morgan fingerprint density at radius 3 is 2.64 bits per heavy atom. The summed E-state index contributed by atoms with van der Waals surface area (Å²) in [5.41, 5.74) is 0.425. The molecule has 0 saturated carbocycles. The lowest BCUT2D eigenvalue weighted by atomic mass is 9.95. The lowest BCUT2D eigenvalue weighted by Crippen LogP contribution is -2.61. The van der Waals surface area contributed by atoms with Crippen LogP contribution < -0.4 is 15.2 Å². The molecule has 33 heavy (non-hydrogen) atoms. The highest BCUT2D eigenvalue weighted by Gasteiger charge is 2.45. The molecule has 2 aliphatic rings. The van der Waals surface area contributed by atoms with Gasteiger partial charge in [0.05, 0.1) is 0 Å². The van der Waals surface area contributed by atoms with E-state index in [-0.39, 0.29) is 31.3 Å². The Morgan fingerprint density at radius 1 is 1.06 bits per heavy atom. The summed E-state index contributed by atoms with van der Waals surface area (Å²) in [6, 6.07) is 14.7. The van der Waals surface area contributed by atoms with E-state index in [2.05, 4.69) is 0 Å². The van der Waals surface area contributed by atoms with E-state index in [1.807, 2.05) is 30.3 Å². The molecule has 9 heteroatoms. The first-order valence-corrected chi connectivity index (χ1v) is 10.7. The minimum Gasteiger partial charge on any atom is -0.502 e. The van der Waals surface area contributed by atoms with Crippen molar-refractivity contribution in [2.45, 2.75) is 4.87 Å². The molecule has 5 rings (SSSR count). The third-order valence-corrected chi connectivity index (χ3v) is 6.54. The quantitative estimate of drug-likeness (QED) is 0.427. The van der Waals surface area contributed by atoms with Crippen molar-refractivity contribution >= 4 is 18.5 Å². The first-order chi connectivity index (χ1) is 15.9. The maximum atomic E-state index is 14.2. The van der Waals surface area contributed by atoms with E-state index >= 15 is 0 Å². The monoisotopic (exact) mass is 465 g/mol. The molecule has 0 aliphatic carbocycles. The Kier molecular flexibility index (Phi) is 5.13. The van der Waals surface area contributed by atoms with Gasteiger partial charge in [-0.15, -0.1) is 12.6 Å². The summed E-state index contributed by atoms with van der Waals surface area (Å²) in [7, 11) is 0. The van der Waals surface area contributed by atoms with Gasteiger partial charge in [-0.05, 0) is 23.8 Å². The van der Waals surface area contributed by atoms with Crippen molar-refractivity contribution in [3.05, 3.63) is 106 Å². The third kappa shape index (κ3) is 3.36. The Balaban J connectivity index is 1.86. The number of aromatic hydroxyl groups is 1. The number of hydrogen-bond acceptors (Lipinski definition) is 6. The van der Waals surface area contributed by atoms with Gasteiger partial charge >= 0.3 is 0 Å². The number of carbonyl (C=O) groups excluding carboxylic acids is 1. The van der Waals surface area contributed by atoms with Crippen LogP contribution in [0.25, 0.3) is 0 Å². The largest absolute Gasteiger partial charge is 0.502 e. The number of halogens is 1. The number of ether oxygens (including phenoxy) is 1. The number of thiol groups is 1. The average Bonchev–Trinajstić information content (AvgIpc) is 2.84. The number of benzene rings is 2. The molecular weight excluding hydrogens is 445 g/mol. The van der Waals surface area contributed by atoms with Crippen LogP contribution in [0.4, 0.5) is 4.39 Å². The van der Waals surface area contributed by atoms with Crippen molar-refractivity contribution in [2.24, 2.45) is 0 Å². The molecule has 1 aromatic heterocycles. The van der Waals surface area contributed by atoms with Gasteiger partial charge in [-0.3, -0.25) is 19.3 Å². The average molecular weight is 466 g/mol. The molecule has 0 radical (unpaired) electrons. The number of hydrogen-bond donors (Lipinski definition) is 2. The smallest absolute Gasteiger partial charge is 0.278 e. The van der Waals surface area contributed by atoms with Gasteiger partial charge in [-0.1, -0.05) is 36.4 Å². The molecule has 3 heterocycles. The fourth-order valence-electron chi connectivity index (χ4n) is 4.19. The predicted octanol–water partition coefficient (Wildman–Crippen LogP) is 2.82. The minimum atomic E-state index is -1.27. The maximum Gasteiger partial charge on any atom is 0.278 e. The van der Waals surface area contributed by atoms with Crippen LogP contribution >= 0.6 is 12.6 Å². The fraction of sp³-hybridized carbons (Fsp3) is 0.167. The number of carbonyl (C=O) groups is 1. The molecule has 1 atom stereocenters. The van der Waals surface area contributed by atoms with Crippen LogP contribution in [0.3, 0.4) is 0 Å². The number of pyridine rings is 1. The van der Waals surface area contributed by atoms with Crippen LogP contribution in [0.1, 0.15) is 21.6 Å². The number of rotatable bonds is 1. The third-order valence-electron chi connectivity index (χ3n) is 5.81. The normalized spacial score (nSPS) is 20.8. The van der Waals surface area contributed by atoms with Crippen LogP contribution in [0.5, 0.6) is 11.5 Å². The van der Waals surface area contributed by atoms with Crippen molar-refractivity contribution in [3.63, 3.8) is 0 Å². The van der Waals surface area contributed by atoms with Crippen LogP contribution in [-0.2, 0) is 4.87 Å². The summed E-state index contributed by atoms with van der Waals surface area (Å²) < 4.78 is 21.6. The maximum absolute atomic E-state index is 14.2. The van der Waals surface area contributed by atoms with E-state index < -0.39 is 27.8 Å². The Hall–Kier alpha value is -3.72. The van der Waals surface area contributed by atoms with Crippen LogP contribution in [-0.4, -0.2) is 40.4 Å². The van der Waals surface area contributed by atoms with Gasteiger partial charge in [0.1, 0.15) is 24.8 Å². The van der Waals surface area contributed by atoms with Crippen LogP contribution in [0.15, 0.2) is 77.7 Å². The molecule has 2 bridgehead atoms. The summed E-state index contributed by atoms with van der Waals surface area (Å²) in [6.45, 7) is 0.450. The molecular formula is C24H20FN3O4S. The molecule has 1 N–H and O–H groups in total. The predicted molar refractivity (Wildman–Crippen MR) is 124 cm³/mol. The minimum absolute atomic E-state index is 0.0771. The van der Waals surface area contributed by atoms with E-state index in [1.54, 1.807) is 23.2 Å². The van der Waals surface area contributed by atoms with E-state index in [1.165, 1.54) is 34.0 Å². The van der Waals surface area contributed by atoms with E-state index in [0.29, 0.717) is 5.56 Å². The molecule has 2 aliphatic heterocycles. The van der Waals surface area contributed by atoms with Gasteiger partial charge in [0.25, 0.3) is 5.91 Å². The second kappa shape index (κ2) is 8.00. The first kappa shape index (κ1) is 21.1. The van der Waals surface area contributed by atoms with E-state index in [0.717, 1.165) is 5.56 Å². The summed E-state index contributed by atoms with van der Waals surface area (Å²) in [6.07, 6.45) is 4.91. The second-order valence-corrected chi connectivity index (χ2v) is 8.40. The highest BCUT2D eigenvalue weighted by molar-refractivity contribution is 7.81. The van der Waals surface area contributed by atoms with Crippen molar-refractivity contribution in [1.29, 1.82) is 0 Å². The molecule has 0 fully saturated rings. The van der Waals surface area contributed by atoms with Crippen LogP contribution in [0, 0.1) is 5.82 Å². The zero-order valence-corrected chi connectivity index (χ0v) is 18.3. The Morgan fingerprint density at radius 2 is 1.85 bits per heavy atom. The number of aromatic nitrogens is 1. The van der Waals surface area contributed by atoms with Gasteiger partial charge in [-0.2, -0.15) is 0 Å². The lowest BCUT2D eigenvalue weighted by Gasteiger charge is -2.48. The molecule has 1 amide bonds. The molecule has 0 saturated heterocycles. The number of nitrogens with zero attached hydrogens (tertiary/aromatic N) is 3. The van der Waals surface area contributed by atoms with Gasteiger partial charge in [0.2, 0.25) is 5.43 Å². The summed E-state index contributed by atoms with van der Waals surface area (Å²) in [4.78, 5) is 25.7. The zero-order chi connectivity index (χ0) is 23.2. The molecule has 2 aromatic carbocycles. The highest BCUT2D eigenvalue weighted by atomic mass is 32.1. The molecule has 0 unspecified atom stereocenters. The summed E-state index contributed by atoms with van der Waals surface area (Å²) in [5.74, 6) is -1.31. The lowest BCUT2D eigenvalue weighted by molar-refractivity contribution is 0.0697. The Bertz CT molecular complexity index is 1330. The summed E-state index contributed by atoms with van der Waals surface area (Å²) >= 11 is 5.14. The highest BCUT2D eigenvalue weighted by Crippen LogP contribution is 2.45. The second-order valence-electron chi connectivity index (χ2n) is 7.75. The fourth-order valence-corrected chi connectivity index (χ4v) is 4.68. The molecule has 168 valence electrons. The van der Waals surface area contributed by atoms with Crippen LogP contribution in [0.2, 0.25) is 0 Å². The van der Waals surface area contributed by atoms with E-state index in [4.69, 9.17) is 17.4 Å². The number of fused-ring (bicyclic) bond motifs is 5. The SMILES string of the molecule is O=C1c2c(O)c(=O)ccn2N2CN1C/C=C\COc1cc(F)ccc1[C@@]2(S)c1ccccc1. The summed E-state index contributed by atoms with van der Waals surface area (Å²) in [5, 5.41) is 12.3. The first-order valence-electron chi connectivity index (χ1n) is 10.3. The number of amides is 1.